The average molecular weight is 331 g/mol. The Kier molecular flexibility index (Phi) is 5.26. The molecule has 1 spiro atoms. The second-order valence-corrected chi connectivity index (χ2v) is 7.04. The average Bonchev–Trinajstić information content (AvgIpc) is 2.87. The van der Waals surface area contributed by atoms with Crippen LogP contribution in [0, 0.1) is 6.92 Å². The fourth-order valence-electron chi connectivity index (χ4n) is 4.27. The fourth-order valence-corrected chi connectivity index (χ4v) is 4.27. The monoisotopic (exact) mass is 331 g/mol. The van der Waals surface area contributed by atoms with E-state index < -0.39 is 0 Å². The number of piperidine rings is 1. The van der Waals surface area contributed by atoms with E-state index in [0.717, 1.165) is 39.0 Å². The number of likely N-dealkylation sites (tertiary alicyclic amines) is 1. The van der Waals surface area contributed by atoms with Gasteiger partial charge in [0.05, 0.1) is 6.10 Å². The van der Waals surface area contributed by atoms with E-state index in [-0.39, 0.29) is 24.0 Å². The van der Waals surface area contributed by atoms with Gasteiger partial charge in [0, 0.05) is 31.7 Å². The fraction of sp³-hybridized carbons (Fsp3) is 0.650. The predicted molar refractivity (Wildman–Crippen MR) is 94.1 cm³/mol. The maximum absolute atomic E-state index is 12.2. The molecule has 1 atom stereocenters. The summed E-state index contributed by atoms with van der Waals surface area (Å²) in [6.07, 6.45) is 3.29. The highest BCUT2D eigenvalue weighted by molar-refractivity contribution is 5.77. The van der Waals surface area contributed by atoms with Gasteiger partial charge in [-0.25, -0.2) is 0 Å². The lowest BCUT2D eigenvalue weighted by atomic mass is 9.73. The van der Waals surface area contributed by atoms with Crippen molar-refractivity contribution < 1.29 is 14.3 Å². The number of aryl methyl sites for hydroxylation is 1. The van der Waals surface area contributed by atoms with Crippen LogP contribution in [-0.4, -0.2) is 43.7 Å². The van der Waals surface area contributed by atoms with E-state index in [2.05, 4.69) is 32.0 Å². The molecule has 132 valence electrons. The Balaban J connectivity index is 1.76. The normalized spacial score (nSPS) is 22.0. The number of fused-ring (bicyclic) bond motifs is 2. The zero-order valence-corrected chi connectivity index (χ0v) is 15.1. The Morgan fingerprint density at radius 3 is 2.67 bits per heavy atom. The van der Waals surface area contributed by atoms with Gasteiger partial charge in [-0.2, -0.15) is 0 Å². The molecule has 0 unspecified atom stereocenters. The number of benzene rings is 1. The second-order valence-electron chi connectivity index (χ2n) is 7.04. The van der Waals surface area contributed by atoms with Gasteiger partial charge in [-0.1, -0.05) is 23.8 Å². The first-order valence-corrected chi connectivity index (χ1v) is 9.18. The highest BCUT2D eigenvalue weighted by Crippen LogP contribution is 2.52. The van der Waals surface area contributed by atoms with Crippen molar-refractivity contribution in [1.29, 1.82) is 0 Å². The van der Waals surface area contributed by atoms with Gasteiger partial charge in [0.15, 0.2) is 0 Å². The lowest BCUT2D eigenvalue weighted by molar-refractivity contribution is -0.137. The number of nitrogens with zero attached hydrogens (tertiary/aromatic N) is 1. The van der Waals surface area contributed by atoms with Crippen molar-refractivity contribution in [3.8, 4) is 0 Å². The van der Waals surface area contributed by atoms with Crippen LogP contribution >= 0.6 is 0 Å². The number of hydrogen-bond acceptors (Lipinski definition) is 3. The summed E-state index contributed by atoms with van der Waals surface area (Å²) < 4.78 is 11.3. The SMILES string of the molecule is CCOCC(=O)N1CCC2(CC1)C[C@H](OCC)c1ccc(C)cc12. The Labute approximate surface area is 145 Å². The van der Waals surface area contributed by atoms with E-state index in [1.807, 2.05) is 11.8 Å². The van der Waals surface area contributed by atoms with Gasteiger partial charge in [-0.15, -0.1) is 0 Å². The van der Waals surface area contributed by atoms with Gasteiger partial charge in [0.25, 0.3) is 0 Å². The van der Waals surface area contributed by atoms with Gasteiger partial charge < -0.3 is 14.4 Å². The largest absolute Gasteiger partial charge is 0.374 e. The van der Waals surface area contributed by atoms with Crippen LogP contribution in [0.4, 0.5) is 0 Å². The molecule has 0 bridgehead atoms. The molecule has 1 saturated heterocycles. The van der Waals surface area contributed by atoms with E-state index >= 15 is 0 Å². The molecule has 1 heterocycles. The lowest BCUT2D eigenvalue weighted by Gasteiger charge is -2.40. The van der Waals surface area contributed by atoms with Crippen LogP contribution in [0.2, 0.25) is 0 Å². The van der Waals surface area contributed by atoms with Gasteiger partial charge in [-0.3, -0.25) is 4.79 Å². The molecule has 1 aliphatic carbocycles. The number of carbonyl (C=O) groups excluding carboxylic acids is 1. The lowest BCUT2D eigenvalue weighted by Crippen LogP contribution is -2.45. The third-order valence-corrected chi connectivity index (χ3v) is 5.57. The maximum atomic E-state index is 12.2. The zero-order valence-electron chi connectivity index (χ0n) is 15.1. The Hall–Kier alpha value is -1.39. The van der Waals surface area contributed by atoms with Crippen LogP contribution in [0.15, 0.2) is 18.2 Å². The van der Waals surface area contributed by atoms with Gasteiger partial charge in [-0.05, 0) is 51.2 Å². The number of rotatable bonds is 5. The van der Waals surface area contributed by atoms with Crippen molar-refractivity contribution >= 4 is 5.91 Å². The molecular formula is C20H29NO3. The van der Waals surface area contributed by atoms with Gasteiger partial charge >= 0.3 is 0 Å². The number of hydrogen-bond donors (Lipinski definition) is 0. The van der Waals surface area contributed by atoms with Gasteiger partial charge in [0.1, 0.15) is 6.61 Å². The highest BCUT2D eigenvalue weighted by atomic mass is 16.5. The van der Waals surface area contributed by atoms with Crippen LogP contribution in [0.5, 0.6) is 0 Å². The van der Waals surface area contributed by atoms with Crippen LogP contribution in [0.25, 0.3) is 0 Å². The molecule has 1 aliphatic heterocycles. The summed E-state index contributed by atoms with van der Waals surface area (Å²) in [5.74, 6) is 0.121. The van der Waals surface area contributed by atoms with Crippen molar-refractivity contribution in [2.24, 2.45) is 0 Å². The molecular weight excluding hydrogens is 302 g/mol. The molecule has 2 aliphatic rings. The van der Waals surface area contributed by atoms with Crippen molar-refractivity contribution in [3.63, 3.8) is 0 Å². The summed E-state index contributed by atoms with van der Waals surface area (Å²) >= 11 is 0. The highest BCUT2D eigenvalue weighted by Gasteiger charge is 2.46. The molecule has 0 N–H and O–H groups in total. The summed E-state index contributed by atoms with van der Waals surface area (Å²) in [5, 5.41) is 0. The summed E-state index contributed by atoms with van der Waals surface area (Å²) in [6.45, 7) is 9.32. The number of ether oxygens (including phenoxy) is 2. The van der Waals surface area contributed by atoms with Crippen LogP contribution in [0.3, 0.4) is 0 Å². The number of carbonyl (C=O) groups is 1. The molecule has 1 aromatic rings. The third kappa shape index (κ3) is 3.22. The van der Waals surface area contributed by atoms with Crippen LogP contribution in [-0.2, 0) is 19.7 Å². The minimum absolute atomic E-state index is 0.121. The number of amides is 1. The van der Waals surface area contributed by atoms with Crippen molar-refractivity contribution in [1.82, 2.24) is 4.90 Å². The first-order valence-electron chi connectivity index (χ1n) is 9.18. The molecule has 1 aromatic carbocycles. The zero-order chi connectivity index (χ0) is 17.2. The maximum Gasteiger partial charge on any atom is 0.248 e. The predicted octanol–water partition coefficient (Wildman–Crippen LogP) is 3.37. The summed E-state index contributed by atoms with van der Waals surface area (Å²) in [7, 11) is 0. The van der Waals surface area contributed by atoms with E-state index in [9.17, 15) is 4.79 Å². The minimum atomic E-state index is 0.121. The van der Waals surface area contributed by atoms with Gasteiger partial charge in [0.2, 0.25) is 5.91 Å². The Bertz CT molecular complexity index is 591. The summed E-state index contributed by atoms with van der Waals surface area (Å²) in [5.41, 5.74) is 4.29. The smallest absolute Gasteiger partial charge is 0.248 e. The van der Waals surface area contributed by atoms with E-state index in [1.54, 1.807) is 0 Å². The Morgan fingerprint density at radius 2 is 2.00 bits per heavy atom. The van der Waals surface area contributed by atoms with Crippen molar-refractivity contribution in [3.05, 3.63) is 34.9 Å². The third-order valence-electron chi connectivity index (χ3n) is 5.57. The topological polar surface area (TPSA) is 38.8 Å². The molecule has 0 radical (unpaired) electrons. The van der Waals surface area contributed by atoms with Crippen molar-refractivity contribution in [2.45, 2.75) is 51.6 Å². The summed E-state index contributed by atoms with van der Waals surface area (Å²) in [4.78, 5) is 14.2. The van der Waals surface area contributed by atoms with Crippen LogP contribution in [0.1, 0.15) is 55.9 Å². The van der Waals surface area contributed by atoms with Crippen molar-refractivity contribution in [2.75, 3.05) is 32.9 Å². The first-order chi connectivity index (χ1) is 11.6. The molecule has 1 amide bonds. The minimum Gasteiger partial charge on any atom is -0.374 e. The molecule has 1 fully saturated rings. The molecule has 0 saturated carbocycles. The first kappa shape index (κ1) is 17.4. The standard InChI is InChI=1S/C20H29NO3/c1-4-23-14-19(22)21-10-8-20(9-11-21)13-18(24-5-2)16-7-6-15(3)12-17(16)20/h6-7,12,18H,4-5,8-11,13-14H2,1-3H3/t18-/m0/s1. The summed E-state index contributed by atoms with van der Waals surface area (Å²) in [6, 6.07) is 6.77. The molecule has 4 heteroatoms. The van der Waals surface area contributed by atoms with Crippen LogP contribution < -0.4 is 0 Å². The Morgan fingerprint density at radius 1 is 1.25 bits per heavy atom. The van der Waals surface area contributed by atoms with E-state index in [1.165, 1.54) is 16.7 Å². The molecule has 0 aromatic heterocycles. The molecule has 4 nitrogen and oxygen atoms in total. The van der Waals surface area contributed by atoms with E-state index in [4.69, 9.17) is 9.47 Å². The second kappa shape index (κ2) is 7.24. The molecule has 24 heavy (non-hydrogen) atoms. The molecule has 3 rings (SSSR count). The van der Waals surface area contributed by atoms with E-state index in [0.29, 0.717) is 6.61 Å². The quantitative estimate of drug-likeness (QED) is 0.830.